The summed E-state index contributed by atoms with van der Waals surface area (Å²) in [7, 11) is 0. The maximum absolute atomic E-state index is 4.30. The number of fused-ring (bicyclic) bond motifs is 5. The maximum atomic E-state index is 4.30. The van der Waals surface area contributed by atoms with Crippen molar-refractivity contribution >= 4 is 32.6 Å². The number of hydrogen-bond donors (Lipinski definition) is 0. The van der Waals surface area contributed by atoms with Crippen LogP contribution in [0.1, 0.15) is 6.92 Å². The smallest absolute Gasteiger partial charge is 0.0586 e. The van der Waals surface area contributed by atoms with Gasteiger partial charge in [0.1, 0.15) is 0 Å². The molecule has 0 aliphatic heterocycles. The van der Waals surface area contributed by atoms with Crippen LogP contribution in [0.25, 0.3) is 32.6 Å². The third-order valence-electron chi connectivity index (χ3n) is 3.87. The van der Waals surface area contributed by atoms with Gasteiger partial charge in [0.25, 0.3) is 0 Å². The van der Waals surface area contributed by atoms with E-state index in [4.69, 9.17) is 0 Å². The number of aromatic nitrogens is 2. The van der Waals surface area contributed by atoms with Gasteiger partial charge in [0.05, 0.1) is 5.52 Å². The van der Waals surface area contributed by atoms with E-state index < -0.39 is 0 Å². The highest BCUT2D eigenvalue weighted by Crippen LogP contribution is 2.33. The molecule has 0 fully saturated rings. The molecule has 2 heteroatoms. The number of pyridine rings is 1. The predicted molar refractivity (Wildman–Crippen MR) is 80.4 cm³/mol. The Morgan fingerprint density at radius 2 is 1.84 bits per heavy atom. The van der Waals surface area contributed by atoms with E-state index in [1.165, 1.54) is 32.6 Å². The second kappa shape index (κ2) is 3.82. The molecule has 0 saturated carbocycles. The van der Waals surface area contributed by atoms with Gasteiger partial charge in [-0.05, 0) is 24.4 Å². The summed E-state index contributed by atoms with van der Waals surface area (Å²) in [5.41, 5.74) is 2.60. The predicted octanol–water partition coefficient (Wildman–Crippen LogP) is 4.36. The van der Waals surface area contributed by atoms with Crippen molar-refractivity contribution in [1.29, 1.82) is 0 Å². The molecule has 0 aliphatic carbocycles. The van der Waals surface area contributed by atoms with Crippen LogP contribution in [0, 0.1) is 0 Å². The molecule has 0 N–H and O–H groups in total. The van der Waals surface area contributed by atoms with Crippen LogP contribution in [0.4, 0.5) is 0 Å². The van der Waals surface area contributed by atoms with E-state index in [9.17, 15) is 0 Å². The summed E-state index contributed by atoms with van der Waals surface area (Å²) >= 11 is 0. The Kier molecular flexibility index (Phi) is 2.12. The van der Waals surface area contributed by atoms with Gasteiger partial charge < -0.3 is 4.57 Å². The third-order valence-corrected chi connectivity index (χ3v) is 3.87. The highest BCUT2D eigenvalue weighted by Gasteiger charge is 2.11. The van der Waals surface area contributed by atoms with Crippen LogP contribution < -0.4 is 0 Å². The molecule has 2 aromatic carbocycles. The van der Waals surface area contributed by atoms with Crippen molar-refractivity contribution in [3.63, 3.8) is 0 Å². The molecule has 0 amide bonds. The van der Waals surface area contributed by atoms with E-state index in [1.807, 2.05) is 12.4 Å². The molecule has 0 bridgehead atoms. The highest BCUT2D eigenvalue weighted by atomic mass is 15.0. The SMILES string of the molecule is CCn1c2ccccc2c2ccc3ccncc3c21. The van der Waals surface area contributed by atoms with Crippen LogP contribution in [0.15, 0.2) is 54.9 Å². The van der Waals surface area contributed by atoms with Gasteiger partial charge in [0.15, 0.2) is 0 Å². The average Bonchev–Trinajstić information content (AvgIpc) is 2.81. The van der Waals surface area contributed by atoms with Crippen molar-refractivity contribution in [2.24, 2.45) is 0 Å². The molecular formula is C17H14N2. The topological polar surface area (TPSA) is 17.8 Å². The van der Waals surface area contributed by atoms with Crippen molar-refractivity contribution < 1.29 is 0 Å². The van der Waals surface area contributed by atoms with Crippen LogP contribution in [0.5, 0.6) is 0 Å². The van der Waals surface area contributed by atoms with Gasteiger partial charge in [-0.25, -0.2) is 0 Å². The third kappa shape index (κ3) is 1.34. The van der Waals surface area contributed by atoms with Crippen LogP contribution >= 0.6 is 0 Å². The lowest BCUT2D eigenvalue weighted by Gasteiger charge is -2.05. The van der Waals surface area contributed by atoms with Gasteiger partial charge >= 0.3 is 0 Å². The zero-order chi connectivity index (χ0) is 12.8. The van der Waals surface area contributed by atoms with Gasteiger partial charge in [0.2, 0.25) is 0 Å². The van der Waals surface area contributed by atoms with Crippen molar-refractivity contribution in [3.8, 4) is 0 Å². The molecule has 2 heterocycles. The Labute approximate surface area is 111 Å². The number of hydrogen-bond acceptors (Lipinski definition) is 1. The number of rotatable bonds is 1. The van der Waals surface area contributed by atoms with Gasteiger partial charge in [-0.1, -0.05) is 30.3 Å². The minimum absolute atomic E-state index is 0.970. The van der Waals surface area contributed by atoms with Crippen molar-refractivity contribution in [1.82, 2.24) is 9.55 Å². The van der Waals surface area contributed by atoms with Gasteiger partial charge in [0, 0.05) is 40.6 Å². The molecule has 4 rings (SSSR count). The van der Waals surface area contributed by atoms with Crippen molar-refractivity contribution in [2.45, 2.75) is 13.5 Å². The fourth-order valence-electron chi connectivity index (χ4n) is 3.04. The summed E-state index contributed by atoms with van der Waals surface area (Å²) in [4.78, 5) is 4.30. The van der Waals surface area contributed by atoms with E-state index in [2.05, 4.69) is 58.9 Å². The summed E-state index contributed by atoms with van der Waals surface area (Å²) in [6, 6.07) is 15.1. The minimum Gasteiger partial charge on any atom is -0.340 e. The number of benzene rings is 2. The largest absolute Gasteiger partial charge is 0.340 e. The molecular weight excluding hydrogens is 232 g/mol. The Balaban J connectivity index is 2.37. The van der Waals surface area contributed by atoms with E-state index in [-0.39, 0.29) is 0 Å². The summed E-state index contributed by atoms with van der Waals surface area (Å²) in [6.45, 7) is 3.17. The molecule has 19 heavy (non-hydrogen) atoms. The molecule has 0 spiro atoms. The van der Waals surface area contributed by atoms with E-state index in [0.29, 0.717) is 0 Å². The van der Waals surface area contributed by atoms with Crippen LogP contribution in [-0.2, 0) is 6.54 Å². The van der Waals surface area contributed by atoms with Crippen LogP contribution in [-0.4, -0.2) is 9.55 Å². The molecule has 0 aliphatic rings. The van der Waals surface area contributed by atoms with Crippen LogP contribution in [0.3, 0.4) is 0 Å². The number of aryl methyl sites for hydroxylation is 1. The Morgan fingerprint density at radius 3 is 2.74 bits per heavy atom. The zero-order valence-corrected chi connectivity index (χ0v) is 10.8. The zero-order valence-electron chi connectivity index (χ0n) is 10.8. The lowest BCUT2D eigenvalue weighted by Crippen LogP contribution is -1.93. The van der Waals surface area contributed by atoms with E-state index >= 15 is 0 Å². The van der Waals surface area contributed by atoms with E-state index in [0.717, 1.165) is 6.54 Å². The molecule has 2 nitrogen and oxygen atoms in total. The van der Waals surface area contributed by atoms with Gasteiger partial charge in [-0.3, -0.25) is 4.98 Å². The minimum atomic E-state index is 0.970. The summed E-state index contributed by atoms with van der Waals surface area (Å²) in [5, 5.41) is 5.13. The quantitative estimate of drug-likeness (QED) is 0.488. The fraction of sp³-hybridized carbons (Fsp3) is 0.118. The Hall–Kier alpha value is -2.35. The first-order valence-corrected chi connectivity index (χ1v) is 6.64. The first kappa shape index (κ1) is 10.6. The standard InChI is InChI=1S/C17H14N2/c1-2-19-16-6-4-3-5-13(16)14-8-7-12-9-10-18-11-15(12)17(14)19/h3-11H,2H2,1H3. The second-order valence-electron chi connectivity index (χ2n) is 4.82. The monoisotopic (exact) mass is 246 g/mol. The van der Waals surface area contributed by atoms with E-state index in [1.54, 1.807) is 0 Å². The molecule has 0 atom stereocenters. The molecule has 0 radical (unpaired) electrons. The molecule has 0 saturated heterocycles. The lowest BCUT2D eigenvalue weighted by atomic mass is 10.1. The van der Waals surface area contributed by atoms with Gasteiger partial charge in [-0.15, -0.1) is 0 Å². The number of para-hydroxylation sites is 1. The fourth-order valence-corrected chi connectivity index (χ4v) is 3.04. The molecule has 0 unspecified atom stereocenters. The van der Waals surface area contributed by atoms with Gasteiger partial charge in [-0.2, -0.15) is 0 Å². The summed E-state index contributed by atoms with van der Waals surface area (Å²) < 4.78 is 2.38. The summed E-state index contributed by atoms with van der Waals surface area (Å²) in [6.07, 6.45) is 3.83. The normalized spacial score (nSPS) is 11.6. The summed E-state index contributed by atoms with van der Waals surface area (Å²) in [5.74, 6) is 0. The van der Waals surface area contributed by atoms with Crippen molar-refractivity contribution in [3.05, 3.63) is 54.9 Å². The first-order chi connectivity index (χ1) is 9.40. The highest BCUT2D eigenvalue weighted by molar-refractivity contribution is 6.17. The Bertz CT molecular complexity index is 903. The van der Waals surface area contributed by atoms with Crippen LogP contribution in [0.2, 0.25) is 0 Å². The lowest BCUT2D eigenvalue weighted by molar-refractivity contribution is 0.829. The molecule has 4 aromatic rings. The average molecular weight is 246 g/mol. The van der Waals surface area contributed by atoms with Crippen molar-refractivity contribution in [2.75, 3.05) is 0 Å². The second-order valence-corrected chi connectivity index (χ2v) is 4.82. The Morgan fingerprint density at radius 1 is 0.947 bits per heavy atom. The first-order valence-electron chi connectivity index (χ1n) is 6.64. The number of nitrogens with zero attached hydrogens (tertiary/aromatic N) is 2. The maximum Gasteiger partial charge on any atom is 0.0586 e. The molecule has 2 aromatic heterocycles. The molecule has 92 valence electrons.